The van der Waals surface area contributed by atoms with Crippen molar-refractivity contribution >= 4 is 35.6 Å². The lowest BCUT2D eigenvalue weighted by molar-refractivity contribution is -0.149. The first-order valence-corrected chi connectivity index (χ1v) is 15.8. The quantitative estimate of drug-likeness (QED) is 0.201. The zero-order chi connectivity index (χ0) is 33.3. The Morgan fingerprint density at radius 2 is 1.50 bits per heavy atom. The molecule has 0 radical (unpaired) electrons. The van der Waals surface area contributed by atoms with Crippen LogP contribution < -0.4 is 10.6 Å². The second-order valence-electron chi connectivity index (χ2n) is 12.7. The molecule has 1 aromatic carbocycles. The lowest BCUT2D eigenvalue weighted by Gasteiger charge is -2.30. The zero-order valence-electron chi connectivity index (χ0n) is 26.9. The molecule has 1 unspecified atom stereocenters. The molecule has 3 amide bonds. The van der Waals surface area contributed by atoms with Crippen molar-refractivity contribution in [1.82, 2.24) is 15.5 Å². The number of esters is 1. The van der Waals surface area contributed by atoms with Crippen LogP contribution in [0, 0.1) is 23.7 Å². The largest absolute Gasteiger partial charge is 0.481 e. The van der Waals surface area contributed by atoms with Gasteiger partial charge in [0.15, 0.2) is 5.78 Å². The standard InChI is InChI=1S/C33H47N3O9.CH4/c1-19(2)28(35-31(41)29(20(3)4)34-26(37)12-8-9-13-27(38)39)30(40)24-16-23(17-25(24)32(42)44-5)45-33(43)36-15-14-21-10-6-7-11-22(21)18-36;/h6-7,10-11,19-20,23-25,28-29H,8-9,12-18H2,1-5H3,(H,34,37)(H,35,41)(H,38,39);1H4/t23-,24?,25+,28-,29-;/m0./s1. The normalized spacial score (nSPS) is 20.2. The monoisotopic (exact) mass is 645 g/mol. The van der Waals surface area contributed by atoms with E-state index in [2.05, 4.69) is 10.6 Å². The summed E-state index contributed by atoms with van der Waals surface area (Å²) in [4.78, 5) is 78.1. The number of hydrogen-bond donors (Lipinski definition) is 3. The molecule has 0 spiro atoms. The molecule has 1 aliphatic carbocycles. The molecule has 0 aromatic heterocycles. The highest BCUT2D eigenvalue weighted by Gasteiger charge is 2.48. The number of methoxy groups -OCH3 is 1. The third kappa shape index (κ3) is 10.3. The summed E-state index contributed by atoms with van der Waals surface area (Å²) in [7, 11) is 1.24. The number of nitrogens with zero attached hydrogens (tertiary/aromatic N) is 1. The molecule has 12 nitrogen and oxygen atoms in total. The highest BCUT2D eigenvalue weighted by atomic mass is 16.6. The summed E-state index contributed by atoms with van der Waals surface area (Å²) in [5.74, 6) is -5.11. The number of amides is 3. The Labute approximate surface area is 271 Å². The number of Topliss-reactive ketones (excluding diaryl/α,β-unsaturated/α-hetero) is 1. The summed E-state index contributed by atoms with van der Waals surface area (Å²) < 4.78 is 10.8. The molecule has 46 heavy (non-hydrogen) atoms. The molecular weight excluding hydrogens is 594 g/mol. The second kappa shape index (κ2) is 17.7. The van der Waals surface area contributed by atoms with Crippen LogP contribution in [0.3, 0.4) is 0 Å². The van der Waals surface area contributed by atoms with Gasteiger partial charge in [-0.3, -0.25) is 24.0 Å². The summed E-state index contributed by atoms with van der Waals surface area (Å²) in [5, 5.41) is 14.3. The number of unbranched alkanes of at least 4 members (excludes halogenated alkanes) is 1. The Balaban J connectivity index is 0.00000736. The molecule has 1 aliphatic heterocycles. The van der Waals surface area contributed by atoms with Gasteiger partial charge in [0.1, 0.15) is 12.1 Å². The number of carbonyl (C=O) groups is 6. The molecule has 0 saturated heterocycles. The van der Waals surface area contributed by atoms with Crippen molar-refractivity contribution < 1.29 is 43.3 Å². The molecule has 2 aliphatic rings. The van der Waals surface area contributed by atoms with E-state index in [1.807, 2.05) is 24.3 Å². The highest BCUT2D eigenvalue weighted by Crippen LogP contribution is 2.37. The second-order valence-corrected chi connectivity index (χ2v) is 12.7. The first kappa shape index (κ1) is 38.2. The van der Waals surface area contributed by atoms with Crippen LogP contribution >= 0.6 is 0 Å². The zero-order valence-corrected chi connectivity index (χ0v) is 26.9. The van der Waals surface area contributed by atoms with Gasteiger partial charge in [-0.25, -0.2) is 4.79 Å². The number of carbonyl (C=O) groups excluding carboxylic acids is 5. The predicted octanol–water partition coefficient (Wildman–Crippen LogP) is 3.88. The van der Waals surface area contributed by atoms with E-state index in [0.717, 1.165) is 5.56 Å². The summed E-state index contributed by atoms with van der Waals surface area (Å²) in [6.07, 6.45) is 0.516. The highest BCUT2D eigenvalue weighted by molar-refractivity contribution is 5.96. The Kier molecular flexibility index (Phi) is 14.7. The van der Waals surface area contributed by atoms with Crippen LogP contribution in [0.25, 0.3) is 0 Å². The van der Waals surface area contributed by atoms with Crippen LogP contribution in [0.2, 0.25) is 0 Å². The van der Waals surface area contributed by atoms with Gasteiger partial charge in [-0.2, -0.15) is 0 Å². The molecule has 1 heterocycles. The number of carboxylic acids is 1. The van der Waals surface area contributed by atoms with Crippen LogP contribution in [0.15, 0.2) is 24.3 Å². The van der Waals surface area contributed by atoms with E-state index in [1.165, 1.54) is 12.7 Å². The predicted molar refractivity (Wildman–Crippen MR) is 170 cm³/mol. The van der Waals surface area contributed by atoms with Gasteiger partial charge in [0.25, 0.3) is 0 Å². The first-order valence-electron chi connectivity index (χ1n) is 15.8. The fraction of sp³-hybridized carbons (Fsp3) is 0.647. The molecule has 1 aromatic rings. The van der Waals surface area contributed by atoms with Gasteiger partial charge in [-0.15, -0.1) is 0 Å². The number of carboxylic acid groups (broad SMARTS) is 1. The van der Waals surface area contributed by atoms with Crippen molar-refractivity contribution in [3.05, 3.63) is 35.4 Å². The smallest absolute Gasteiger partial charge is 0.410 e. The van der Waals surface area contributed by atoms with Gasteiger partial charge >= 0.3 is 18.0 Å². The number of ether oxygens (including phenoxy) is 2. The minimum absolute atomic E-state index is 0. The maximum absolute atomic E-state index is 14.0. The fourth-order valence-electron chi connectivity index (χ4n) is 6.06. The molecular formula is C34H51N3O9. The molecule has 1 saturated carbocycles. The van der Waals surface area contributed by atoms with Crippen LogP contribution in [-0.2, 0) is 46.4 Å². The molecule has 1 fully saturated rings. The Hall–Kier alpha value is -3.96. The van der Waals surface area contributed by atoms with Crippen molar-refractivity contribution in [1.29, 1.82) is 0 Å². The number of hydrogen-bond acceptors (Lipinski definition) is 8. The van der Waals surface area contributed by atoms with Gasteiger partial charge in [-0.05, 0) is 55.1 Å². The molecule has 0 bridgehead atoms. The van der Waals surface area contributed by atoms with Crippen LogP contribution in [0.1, 0.15) is 84.8 Å². The molecule has 3 rings (SSSR count). The Morgan fingerprint density at radius 3 is 2.11 bits per heavy atom. The van der Waals surface area contributed by atoms with Crippen molar-refractivity contribution in [3.63, 3.8) is 0 Å². The SMILES string of the molecule is C.COC(=O)[C@@H]1C[C@@H](OC(=O)N2CCc3ccccc3C2)CC1C(=O)[C@@H](NC(=O)[C@@H](NC(=O)CCCCC(=O)O)C(C)C)C(C)C. The van der Waals surface area contributed by atoms with Gasteiger partial charge in [-0.1, -0.05) is 59.4 Å². The third-order valence-electron chi connectivity index (χ3n) is 8.63. The van der Waals surface area contributed by atoms with E-state index in [-0.39, 0.29) is 56.6 Å². The van der Waals surface area contributed by atoms with Crippen LogP contribution in [0.4, 0.5) is 4.79 Å². The van der Waals surface area contributed by atoms with E-state index in [9.17, 15) is 28.8 Å². The maximum atomic E-state index is 14.0. The number of ketones is 1. The molecule has 256 valence electrons. The first-order chi connectivity index (χ1) is 21.3. The lowest BCUT2D eigenvalue weighted by atomic mass is 9.84. The molecule has 12 heteroatoms. The van der Waals surface area contributed by atoms with Crippen LogP contribution in [-0.4, -0.2) is 77.5 Å². The van der Waals surface area contributed by atoms with Crippen molar-refractivity contribution in [2.45, 2.75) is 105 Å². The van der Waals surface area contributed by atoms with E-state index >= 15 is 0 Å². The van der Waals surface area contributed by atoms with Gasteiger partial charge in [0, 0.05) is 31.8 Å². The van der Waals surface area contributed by atoms with Crippen molar-refractivity contribution in [2.75, 3.05) is 13.7 Å². The number of rotatable bonds is 14. The van der Waals surface area contributed by atoms with Crippen molar-refractivity contribution in [2.24, 2.45) is 23.7 Å². The maximum Gasteiger partial charge on any atom is 0.410 e. The fourth-order valence-corrected chi connectivity index (χ4v) is 6.06. The van der Waals surface area contributed by atoms with Gasteiger partial charge in [0.2, 0.25) is 11.8 Å². The van der Waals surface area contributed by atoms with Crippen LogP contribution in [0.5, 0.6) is 0 Å². The van der Waals surface area contributed by atoms with Gasteiger partial charge < -0.3 is 30.1 Å². The summed E-state index contributed by atoms with van der Waals surface area (Å²) in [6.45, 7) is 8.02. The number of fused-ring (bicyclic) bond motifs is 1. The molecule has 5 atom stereocenters. The Morgan fingerprint density at radius 1 is 0.891 bits per heavy atom. The van der Waals surface area contributed by atoms with Crippen molar-refractivity contribution in [3.8, 4) is 0 Å². The number of aliphatic carboxylic acids is 1. The summed E-state index contributed by atoms with van der Waals surface area (Å²) in [6, 6.07) is 6.03. The average molecular weight is 646 g/mol. The molecule has 3 N–H and O–H groups in total. The average Bonchev–Trinajstić information content (AvgIpc) is 3.42. The number of nitrogens with one attached hydrogen (secondary N) is 2. The minimum Gasteiger partial charge on any atom is -0.481 e. The van der Waals surface area contributed by atoms with Gasteiger partial charge in [0.05, 0.1) is 19.1 Å². The summed E-state index contributed by atoms with van der Waals surface area (Å²) in [5.41, 5.74) is 2.24. The summed E-state index contributed by atoms with van der Waals surface area (Å²) >= 11 is 0. The van der Waals surface area contributed by atoms with E-state index in [0.29, 0.717) is 32.4 Å². The third-order valence-corrected chi connectivity index (χ3v) is 8.63. The van der Waals surface area contributed by atoms with E-state index in [4.69, 9.17) is 14.6 Å². The van der Waals surface area contributed by atoms with E-state index in [1.54, 1.807) is 32.6 Å². The van der Waals surface area contributed by atoms with E-state index < -0.39 is 54.0 Å². The number of benzene rings is 1. The Bertz CT molecular complexity index is 1250. The minimum atomic E-state index is -0.962. The topological polar surface area (TPSA) is 168 Å². The lowest BCUT2D eigenvalue weighted by Crippen LogP contribution is -2.56.